The number of benzene rings is 9. The van der Waals surface area contributed by atoms with Crippen LogP contribution >= 0.6 is 0 Å². The fourth-order valence-electron chi connectivity index (χ4n) is 11.6. The molecule has 9 aromatic carbocycles. The molecule has 0 saturated heterocycles. The quantitative estimate of drug-likeness (QED) is 0.123. The van der Waals surface area contributed by atoms with Crippen LogP contribution < -0.4 is 9.30 Å². The molecule has 0 amide bonds. The molecule has 0 atom stereocenters. The van der Waals surface area contributed by atoms with Crippen LogP contribution in [0.3, 0.4) is 0 Å². The number of nitrogens with zero attached hydrogens (tertiary/aromatic N) is 4. The van der Waals surface area contributed by atoms with Gasteiger partial charge in [-0.2, -0.15) is 18.2 Å². The summed E-state index contributed by atoms with van der Waals surface area (Å²) in [4.78, 5) is 4.85. The van der Waals surface area contributed by atoms with E-state index in [0.29, 0.717) is 50.7 Å². The molecule has 5 nitrogen and oxygen atoms in total. The van der Waals surface area contributed by atoms with E-state index >= 15 is 0 Å². The molecule has 2 aliphatic rings. The summed E-state index contributed by atoms with van der Waals surface area (Å²) in [6, 6.07) is 56.8. The third-order valence-electron chi connectivity index (χ3n) is 15.7. The SMILES string of the molecule is [2H]c1c([2H])c2c(c([2H])c1-c1cc3c4c(c1)n(-c1[c-]c(Oc5[c-]c6c(cc5)c5ccccc5n6-c5cc(C(C)(C)C)ccn5)ccc1)[c-][n+]4-c1c(-c4ccc(C(C)(C)C)cc4)cccc1-c1ccccc1-c1ccccc1-3)C(C([2H])([2H])[2H])(C([2H])([2H])[2H])C([2H])([2H])C([2H])([2H])C2(C([2H])([2H])[2H])C([2H])([2H])[2H].[Pt]. The number of fused-ring (bicyclic) bond motifs is 11. The van der Waals surface area contributed by atoms with E-state index in [4.69, 9.17) is 26.2 Å². The maximum Gasteiger partial charge on any atom is 0.268 e. The first kappa shape index (κ1) is 35.7. The van der Waals surface area contributed by atoms with Crippen molar-refractivity contribution in [3.05, 3.63) is 235 Å². The molecule has 0 spiro atoms. The minimum Gasteiger partial charge on any atom is -0.510 e. The van der Waals surface area contributed by atoms with Crippen LogP contribution in [-0.4, -0.2) is 14.1 Å². The van der Waals surface area contributed by atoms with Crippen molar-refractivity contribution in [3.8, 4) is 84.3 Å². The third-order valence-corrected chi connectivity index (χ3v) is 15.7. The average molecular weight is 1270 g/mol. The average Bonchev–Trinajstić information content (AvgIpc) is 1.07. The van der Waals surface area contributed by atoms with Crippen LogP contribution in [0, 0.1) is 18.5 Å². The fourth-order valence-corrected chi connectivity index (χ4v) is 11.6. The molecule has 6 heteroatoms. The van der Waals surface area contributed by atoms with E-state index in [2.05, 4.69) is 90.3 Å². The number of rotatable bonds is 6. The van der Waals surface area contributed by atoms with E-state index in [1.54, 1.807) is 35.0 Å². The van der Waals surface area contributed by atoms with E-state index in [0.717, 1.165) is 55.2 Å². The summed E-state index contributed by atoms with van der Waals surface area (Å²) in [5.74, 6) is 1.21. The normalized spacial score (nSPS) is 19.5. The van der Waals surface area contributed by atoms with Crippen molar-refractivity contribution in [3.63, 3.8) is 0 Å². The first-order valence-corrected chi connectivity index (χ1v) is 27.0. The van der Waals surface area contributed by atoms with Crippen LogP contribution in [-0.2, 0) is 42.7 Å². The molecule has 12 aromatic rings. The van der Waals surface area contributed by atoms with Gasteiger partial charge in [0.15, 0.2) is 0 Å². The molecule has 408 valence electrons. The minimum atomic E-state index is -4.53. The summed E-state index contributed by atoms with van der Waals surface area (Å²) in [6.07, 6.45) is -3.55. The summed E-state index contributed by atoms with van der Waals surface area (Å²) >= 11 is 0. The van der Waals surface area contributed by atoms with E-state index in [9.17, 15) is 9.60 Å². The Balaban J connectivity index is 0.00000912. The molecule has 1 aliphatic heterocycles. The maximum absolute atomic E-state index is 10.4. The molecular formula is C76H66N4OPt-2. The number of pyridine rings is 1. The standard InChI is InChI=1S/C76H66N4O.Pt/c1-73(2,3)51-32-29-48(30-33-51)56-26-18-27-63-59-23-13-11-21-57(59)58-22-12-14-24-60(58)64-41-50(49-31-36-65-66(42-49)76(9,10)39-38-75(65,7)8)43-69-72(64)79(71(56)63)47-78(69)53-19-17-20-54(45-53)81-55-34-35-62-61-25-15-16-28-67(61)80(68(62)46-55)70-44-52(37-40-77-70)74(4,5)6;/h11-37,40-44H,38-39H2,1-10H3;/q-2;/i7D3,8D3,9D3,10D3,31D,36D,38D2,39D2,42D;. The second kappa shape index (κ2) is 19.5. The van der Waals surface area contributed by atoms with Gasteiger partial charge in [-0.05, 0) is 148 Å². The Morgan fingerprint density at radius 2 is 1.20 bits per heavy atom. The van der Waals surface area contributed by atoms with Crippen molar-refractivity contribution >= 4 is 32.8 Å². The first-order chi connectivity index (χ1) is 46.7. The van der Waals surface area contributed by atoms with E-state index < -0.39 is 85.8 Å². The Morgan fingerprint density at radius 1 is 0.561 bits per heavy atom. The zero-order valence-corrected chi connectivity index (χ0v) is 48.0. The van der Waals surface area contributed by atoms with Gasteiger partial charge in [0.1, 0.15) is 5.82 Å². The smallest absolute Gasteiger partial charge is 0.268 e. The summed E-state index contributed by atoms with van der Waals surface area (Å²) in [5.41, 5.74) is -2.12. The topological polar surface area (TPSA) is 35.9 Å². The Morgan fingerprint density at radius 3 is 1.91 bits per heavy atom. The van der Waals surface area contributed by atoms with Crippen molar-refractivity contribution in [2.24, 2.45) is 0 Å². The number of hydrogen-bond donors (Lipinski definition) is 0. The van der Waals surface area contributed by atoms with Gasteiger partial charge in [-0.3, -0.25) is 4.57 Å². The van der Waals surface area contributed by atoms with E-state index in [-0.39, 0.29) is 48.7 Å². The van der Waals surface area contributed by atoms with Gasteiger partial charge in [0, 0.05) is 66.2 Å². The molecule has 0 saturated carbocycles. The summed E-state index contributed by atoms with van der Waals surface area (Å²) in [7, 11) is 0. The van der Waals surface area contributed by atoms with Crippen molar-refractivity contribution in [1.82, 2.24) is 14.1 Å². The molecule has 0 radical (unpaired) electrons. The summed E-state index contributed by atoms with van der Waals surface area (Å²) < 4.78 is 189. The molecule has 0 unspecified atom stereocenters. The number of imidazole rings is 1. The number of hydrogen-bond acceptors (Lipinski definition) is 2. The van der Waals surface area contributed by atoms with Gasteiger partial charge in [-0.1, -0.05) is 208 Å². The van der Waals surface area contributed by atoms with E-state index in [1.807, 2.05) is 118 Å². The van der Waals surface area contributed by atoms with Gasteiger partial charge in [-0.25, -0.2) is 4.98 Å². The van der Waals surface area contributed by atoms with Crippen molar-refractivity contribution in [1.29, 1.82) is 0 Å². The maximum atomic E-state index is 10.4. The predicted molar refractivity (Wildman–Crippen MR) is 333 cm³/mol. The zero-order valence-electron chi connectivity index (χ0n) is 64.8. The largest absolute Gasteiger partial charge is 0.510 e. The van der Waals surface area contributed by atoms with Gasteiger partial charge in [0.2, 0.25) is 0 Å². The van der Waals surface area contributed by atoms with Crippen molar-refractivity contribution < 1.29 is 56.4 Å². The molecule has 0 N–H and O–H groups in total. The van der Waals surface area contributed by atoms with Gasteiger partial charge >= 0.3 is 0 Å². The van der Waals surface area contributed by atoms with Crippen LogP contribution in [0.25, 0.3) is 106 Å². The third kappa shape index (κ3) is 8.86. The number of ether oxygens (including phenoxy) is 1. The second-order valence-corrected chi connectivity index (χ2v) is 23.1. The van der Waals surface area contributed by atoms with Crippen molar-refractivity contribution in [2.75, 3.05) is 0 Å². The van der Waals surface area contributed by atoms with Crippen LogP contribution in [0.4, 0.5) is 0 Å². The van der Waals surface area contributed by atoms with E-state index in [1.165, 1.54) is 6.07 Å². The minimum absolute atomic E-state index is 0. The summed E-state index contributed by atoms with van der Waals surface area (Å²) in [6.45, 7) is -4.18. The van der Waals surface area contributed by atoms with Gasteiger partial charge in [0.25, 0.3) is 6.33 Å². The Hall–Kier alpha value is -8.11. The molecule has 82 heavy (non-hydrogen) atoms. The van der Waals surface area contributed by atoms with Crippen LogP contribution in [0.1, 0.15) is 130 Å². The van der Waals surface area contributed by atoms with Gasteiger partial charge in [-0.15, -0.1) is 29.7 Å². The monoisotopic (exact) mass is 1260 g/mol. The Labute approximate surface area is 523 Å². The van der Waals surface area contributed by atoms with Crippen LogP contribution in [0.2, 0.25) is 0 Å². The zero-order chi connectivity index (χ0) is 71.9. The predicted octanol–water partition coefficient (Wildman–Crippen LogP) is 19.2. The summed E-state index contributed by atoms with van der Waals surface area (Å²) in [5, 5.41) is 1.87. The molecular weight excluding hydrogens is 1180 g/mol. The molecule has 3 aromatic heterocycles. The molecule has 0 fully saturated rings. The molecule has 1 aliphatic carbocycles. The first-order valence-electron chi connectivity index (χ1n) is 36.5. The van der Waals surface area contributed by atoms with Crippen molar-refractivity contribution in [2.45, 2.75) is 103 Å². The molecule has 0 bridgehead atoms. The number of aromatic nitrogens is 4. The van der Waals surface area contributed by atoms with Gasteiger partial charge < -0.3 is 13.9 Å². The molecule has 4 heterocycles. The fraction of sp³-hybridized carbons (Fsp3) is 0.211. The van der Waals surface area contributed by atoms with Crippen LogP contribution in [0.15, 0.2) is 194 Å². The Bertz CT molecular complexity index is 5350. The Kier molecular flexibility index (Phi) is 8.50. The second-order valence-electron chi connectivity index (χ2n) is 23.1. The van der Waals surface area contributed by atoms with Crippen LogP contribution in [0.5, 0.6) is 11.5 Å². The van der Waals surface area contributed by atoms with Gasteiger partial charge in [0.05, 0.1) is 20.8 Å². The number of para-hydroxylation sites is 2. The molecule has 14 rings (SSSR count).